The molecule has 0 bridgehead atoms. The Kier molecular flexibility index (Phi) is 7.91. The lowest BCUT2D eigenvalue weighted by Crippen LogP contribution is -2.70. The number of halogens is 13. The Morgan fingerprint density at radius 1 is 0.794 bits per heavy atom. The summed E-state index contributed by atoms with van der Waals surface area (Å²) >= 11 is 0. The molecule has 1 aliphatic heterocycles. The van der Waals surface area contributed by atoms with E-state index in [4.69, 9.17) is 4.89 Å². The van der Waals surface area contributed by atoms with Gasteiger partial charge in [0.1, 0.15) is 0 Å². The Hall–Kier alpha value is -0.850. The van der Waals surface area contributed by atoms with Gasteiger partial charge in [-0.1, -0.05) is 6.92 Å². The van der Waals surface area contributed by atoms with E-state index in [0.29, 0.717) is 0 Å². The molecule has 0 saturated carbocycles. The molecular weight excluding hydrogens is 562 g/mol. The van der Waals surface area contributed by atoms with Gasteiger partial charge < -0.3 is 4.89 Å². The Morgan fingerprint density at radius 2 is 1.18 bits per heavy atom. The molecule has 0 amide bonds. The summed E-state index contributed by atoms with van der Waals surface area (Å²) in [5, 5.41) is 0. The zero-order valence-electron chi connectivity index (χ0n) is 16.3. The van der Waals surface area contributed by atoms with Gasteiger partial charge in [0, 0.05) is 11.8 Å². The molecule has 0 aliphatic carbocycles. The first-order valence-electron chi connectivity index (χ1n) is 8.36. The first kappa shape index (κ1) is 31.2. The van der Waals surface area contributed by atoms with Crippen LogP contribution in [0, 0.1) is 5.41 Å². The molecule has 1 aliphatic rings. The normalized spacial score (nSPS) is 26.6. The average Bonchev–Trinajstić information content (AvgIpc) is 2.61. The molecule has 0 aromatic carbocycles. The van der Waals surface area contributed by atoms with Crippen LogP contribution in [0.25, 0.3) is 0 Å². The summed E-state index contributed by atoms with van der Waals surface area (Å²) in [6.07, 6.45) is -10.4. The maximum Gasteiger partial charge on any atom is 0.472 e. The first-order valence-corrected chi connectivity index (χ1v) is 11.7. The minimum absolute atomic E-state index is 0.858. The zero-order chi connectivity index (χ0) is 27.4. The van der Waals surface area contributed by atoms with Crippen LogP contribution in [0.2, 0.25) is 0 Å². The molecule has 1 saturated heterocycles. The van der Waals surface area contributed by atoms with E-state index in [9.17, 15) is 70.1 Å². The van der Waals surface area contributed by atoms with Crippen molar-refractivity contribution >= 4 is 17.7 Å². The third-order valence-corrected chi connectivity index (χ3v) is 7.32. The minimum atomic E-state index is -8.08. The lowest BCUT2D eigenvalue weighted by atomic mass is 9.93. The topological polar surface area (TPSA) is 89.9 Å². The summed E-state index contributed by atoms with van der Waals surface area (Å²) in [6.45, 7) is -0.739. The van der Waals surface area contributed by atoms with E-state index in [2.05, 4.69) is 9.05 Å². The molecular formula is C13H14F13O6PS. The SMILES string of the molecule is CC1(CS(=O)(=O)CCC(F)(F)C(F)(F)C(F)(F)C(F)(F)C(F)(F)C(F)(F)F)COP(=O)(O)OC1. The van der Waals surface area contributed by atoms with Crippen molar-refractivity contribution in [1.82, 2.24) is 0 Å². The van der Waals surface area contributed by atoms with Crippen LogP contribution >= 0.6 is 7.82 Å². The Bertz CT molecular complexity index is 905. The summed E-state index contributed by atoms with van der Waals surface area (Å²) < 4.78 is 213. The van der Waals surface area contributed by atoms with Crippen molar-refractivity contribution in [3.8, 4) is 0 Å². The van der Waals surface area contributed by atoms with Gasteiger partial charge in [-0.05, 0) is 0 Å². The van der Waals surface area contributed by atoms with Crippen LogP contribution < -0.4 is 0 Å². The molecule has 21 heteroatoms. The van der Waals surface area contributed by atoms with E-state index in [-0.39, 0.29) is 0 Å². The molecule has 1 fully saturated rings. The number of alkyl halides is 13. The van der Waals surface area contributed by atoms with Crippen LogP contribution in [0.1, 0.15) is 13.3 Å². The number of sulfone groups is 1. The van der Waals surface area contributed by atoms with Gasteiger partial charge in [-0.25, -0.2) is 13.0 Å². The van der Waals surface area contributed by atoms with E-state index in [1.807, 2.05) is 0 Å². The van der Waals surface area contributed by atoms with E-state index in [1.54, 1.807) is 0 Å². The van der Waals surface area contributed by atoms with Crippen LogP contribution in [0.3, 0.4) is 0 Å². The molecule has 0 spiro atoms. The predicted octanol–water partition coefficient (Wildman–Crippen LogP) is 4.68. The lowest BCUT2D eigenvalue weighted by molar-refractivity contribution is -0.439. The average molecular weight is 576 g/mol. The molecule has 1 N–H and O–H groups in total. The van der Waals surface area contributed by atoms with Crippen molar-refractivity contribution < 1.29 is 84.0 Å². The summed E-state index contributed by atoms with van der Waals surface area (Å²) in [5.41, 5.74) is -1.76. The quantitative estimate of drug-likeness (QED) is 0.317. The Labute approximate surface area is 181 Å². The summed E-state index contributed by atoms with van der Waals surface area (Å²) in [6, 6.07) is 0. The van der Waals surface area contributed by atoms with Crippen LogP contribution in [-0.4, -0.2) is 73.8 Å². The molecule has 1 rings (SSSR count). The minimum Gasteiger partial charge on any atom is -0.302 e. The maximum atomic E-state index is 13.7. The van der Waals surface area contributed by atoms with E-state index in [1.165, 1.54) is 0 Å². The monoisotopic (exact) mass is 576 g/mol. The van der Waals surface area contributed by atoms with Crippen molar-refractivity contribution in [3.63, 3.8) is 0 Å². The van der Waals surface area contributed by atoms with Gasteiger partial charge in [-0.3, -0.25) is 9.05 Å². The van der Waals surface area contributed by atoms with Crippen molar-refractivity contribution in [1.29, 1.82) is 0 Å². The predicted molar refractivity (Wildman–Crippen MR) is 83.9 cm³/mol. The molecule has 6 nitrogen and oxygen atoms in total. The molecule has 204 valence electrons. The number of hydrogen-bond donors (Lipinski definition) is 1. The molecule has 0 aromatic heterocycles. The molecule has 1 heterocycles. The smallest absolute Gasteiger partial charge is 0.302 e. The molecule has 0 unspecified atom stereocenters. The fraction of sp³-hybridized carbons (Fsp3) is 1.00. The van der Waals surface area contributed by atoms with E-state index >= 15 is 0 Å². The number of rotatable bonds is 9. The van der Waals surface area contributed by atoms with Crippen LogP contribution in [-0.2, 0) is 23.4 Å². The highest BCUT2D eigenvalue weighted by Gasteiger charge is 2.90. The number of phosphoric ester groups is 1. The Morgan fingerprint density at radius 3 is 1.56 bits per heavy atom. The van der Waals surface area contributed by atoms with Crippen molar-refractivity contribution in [2.75, 3.05) is 24.7 Å². The van der Waals surface area contributed by atoms with Crippen LogP contribution in [0.4, 0.5) is 57.1 Å². The standard InChI is InChI=1S/C13H14F13O6PS/c1-7(4-31-33(27,28)32-5-7)6-34(29,30)3-2-8(14,15)9(16,17)10(18,19)11(20,21)12(22,23)13(24,25)26/h2-6H2,1H3,(H,27,28). The highest BCUT2D eigenvalue weighted by atomic mass is 32.2. The van der Waals surface area contributed by atoms with Crippen LogP contribution in [0.5, 0.6) is 0 Å². The van der Waals surface area contributed by atoms with Crippen LogP contribution in [0.15, 0.2) is 0 Å². The highest BCUT2D eigenvalue weighted by Crippen LogP contribution is 2.60. The van der Waals surface area contributed by atoms with Gasteiger partial charge in [0.15, 0.2) is 9.84 Å². The van der Waals surface area contributed by atoms with Gasteiger partial charge in [-0.2, -0.15) is 57.1 Å². The largest absolute Gasteiger partial charge is 0.472 e. The van der Waals surface area contributed by atoms with E-state index in [0.717, 1.165) is 6.92 Å². The van der Waals surface area contributed by atoms with E-state index < -0.39 is 90.0 Å². The second kappa shape index (κ2) is 8.62. The van der Waals surface area contributed by atoms with Crippen molar-refractivity contribution in [2.24, 2.45) is 5.41 Å². The molecule has 0 aromatic rings. The van der Waals surface area contributed by atoms with Gasteiger partial charge in [0.25, 0.3) is 0 Å². The summed E-state index contributed by atoms with van der Waals surface area (Å²) in [7, 11) is -9.57. The second-order valence-electron chi connectivity index (χ2n) is 7.67. The Balaban J connectivity index is 3.13. The van der Waals surface area contributed by atoms with Crippen molar-refractivity contribution in [3.05, 3.63) is 0 Å². The summed E-state index contributed by atoms with van der Waals surface area (Å²) in [5.74, 6) is -41.6. The lowest BCUT2D eigenvalue weighted by Gasteiger charge is -2.39. The third-order valence-electron chi connectivity index (χ3n) is 4.45. The van der Waals surface area contributed by atoms with Gasteiger partial charge >= 0.3 is 43.6 Å². The molecule has 0 atom stereocenters. The third kappa shape index (κ3) is 5.59. The number of hydrogen-bond acceptors (Lipinski definition) is 5. The second-order valence-corrected chi connectivity index (χ2v) is 11.3. The summed E-state index contributed by atoms with van der Waals surface area (Å²) in [4.78, 5) is 8.98. The van der Waals surface area contributed by atoms with Crippen molar-refractivity contribution in [2.45, 2.75) is 49.1 Å². The molecule has 0 radical (unpaired) electrons. The van der Waals surface area contributed by atoms with Gasteiger partial charge in [-0.15, -0.1) is 0 Å². The maximum absolute atomic E-state index is 13.7. The van der Waals surface area contributed by atoms with Gasteiger partial charge in [0.05, 0.1) is 24.7 Å². The van der Waals surface area contributed by atoms with Gasteiger partial charge in [0.2, 0.25) is 0 Å². The number of phosphoric acid groups is 1. The fourth-order valence-corrected chi connectivity index (χ4v) is 5.45. The zero-order valence-corrected chi connectivity index (χ0v) is 18.0. The molecule has 34 heavy (non-hydrogen) atoms. The highest BCUT2D eigenvalue weighted by molar-refractivity contribution is 7.91. The fourth-order valence-electron chi connectivity index (χ4n) is 2.48. The first-order chi connectivity index (χ1) is 14.6.